The van der Waals surface area contributed by atoms with Crippen molar-refractivity contribution in [2.75, 3.05) is 33.4 Å². The lowest BCUT2D eigenvalue weighted by Crippen LogP contribution is -2.27. The minimum atomic E-state index is 0.262. The van der Waals surface area contributed by atoms with Gasteiger partial charge in [-0.05, 0) is 83.7 Å². The van der Waals surface area contributed by atoms with Crippen LogP contribution in [0.25, 0.3) is 11.1 Å². The van der Waals surface area contributed by atoms with Crippen molar-refractivity contribution in [1.82, 2.24) is 4.90 Å². The Morgan fingerprint density at radius 2 is 1.24 bits per heavy atom. The molecule has 0 unspecified atom stereocenters. The minimum absolute atomic E-state index is 0.262. The van der Waals surface area contributed by atoms with E-state index in [4.69, 9.17) is 9.47 Å². The number of hydrogen-bond donors (Lipinski definition) is 1. The van der Waals surface area contributed by atoms with Crippen LogP contribution < -0.4 is 9.47 Å². The van der Waals surface area contributed by atoms with Crippen molar-refractivity contribution in [2.24, 2.45) is 0 Å². The Balaban J connectivity index is 1.95. The summed E-state index contributed by atoms with van der Waals surface area (Å²) in [5.74, 6) is 1.97. The zero-order valence-electron chi connectivity index (χ0n) is 20.2. The number of rotatable bonds is 11. The highest BCUT2D eigenvalue weighted by atomic mass is 16.5. The van der Waals surface area contributed by atoms with Crippen molar-refractivity contribution >= 4 is 11.1 Å². The molecular weight excluding hydrogens is 410 g/mol. The maximum atomic E-state index is 9.82. The quantitative estimate of drug-likeness (QED) is 0.343. The summed E-state index contributed by atoms with van der Waals surface area (Å²) in [4.78, 5) is 2.35. The number of nitrogens with zero attached hydrogens (tertiary/aromatic N) is 1. The van der Waals surface area contributed by atoms with Crippen LogP contribution >= 0.6 is 0 Å². The molecule has 0 atom stereocenters. The van der Waals surface area contributed by atoms with Crippen LogP contribution in [0.3, 0.4) is 0 Å². The lowest BCUT2D eigenvalue weighted by atomic mass is 9.88. The predicted molar refractivity (Wildman–Crippen MR) is 137 cm³/mol. The molecule has 3 rings (SSSR count). The largest absolute Gasteiger partial charge is 0.508 e. The lowest BCUT2D eigenvalue weighted by Gasteiger charge is -2.19. The molecule has 0 fully saturated rings. The summed E-state index contributed by atoms with van der Waals surface area (Å²) in [6, 6.07) is 23.9. The van der Waals surface area contributed by atoms with Crippen LogP contribution in [0.15, 0.2) is 72.8 Å². The van der Waals surface area contributed by atoms with Gasteiger partial charge in [0.05, 0.1) is 7.11 Å². The molecule has 0 aliphatic heterocycles. The smallest absolute Gasteiger partial charge is 0.119 e. The first-order valence-corrected chi connectivity index (χ1v) is 11.7. The topological polar surface area (TPSA) is 41.9 Å². The molecule has 0 aromatic heterocycles. The molecule has 0 heterocycles. The van der Waals surface area contributed by atoms with Gasteiger partial charge in [-0.2, -0.15) is 0 Å². The first-order valence-electron chi connectivity index (χ1n) is 11.7. The number of ether oxygens (including phenoxy) is 2. The summed E-state index contributed by atoms with van der Waals surface area (Å²) >= 11 is 0. The average Bonchev–Trinajstić information content (AvgIpc) is 2.86. The van der Waals surface area contributed by atoms with E-state index >= 15 is 0 Å². The highest BCUT2D eigenvalue weighted by molar-refractivity contribution is 5.98. The maximum absolute atomic E-state index is 9.82. The van der Waals surface area contributed by atoms with Crippen molar-refractivity contribution in [2.45, 2.75) is 27.2 Å². The second-order valence-corrected chi connectivity index (χ2v) is 7.88. The number of hydrogen-bond acceptors (Lipinski definition) is 4. The molecule has 0 amide bonds. The first kappa shape index (κ1) is 24.4. The monoisotopic (exact) mass is 445 g/mol. The van der Waals surface area contributed by atoms with E-state index in [1.165, 1.54) is 5.57 Å². The van der Waals surface area contributed by atoms with Gasteiger partial charge in [0.15, 0.2) is 0 Å². The fourth-order valence-corrected chi connectivity index (χ4v) is 4.01. The molecule has 0 aliphatic carbocycles. The Labute approximate surface area is 198 Å². The third kappa shape index (κ3) is 6.39. The highest BCUT2D eigenvalue weighted by Gasteiger charge is 2.14. The van der Waals surface area contributed by atoms with Crippen LogP contribution in [0.5, 0.6) is 17.2 Å². The van der Waals surface area contributed by atoms with Gasteiger partial charge in [0.25, 0.3) is 0 Å². The second kappa shape index (κ2) is 12.1. The van der Waals surface area contributed by atoms with Gasteiger partial charge in [-0.25, -0.2) is 0 Å². The standard InChI is InChI=1S/C29H35NO3/c1-5-28(22-10-16-26(32-4)17-11-22)29(23-8-14-25(31)15-9-23)24-12-18-27(19-13-24)33-21-20-30(6-2)7-3/h8-19,31H,5-7,20-21H2,1-4H3/b29-28+. The molecule has 33 heavy (non-hydrogen) atoms. The number of allylic oxidation sites excluding steroid dienone is 1. The molecular formula is C29H35NO3. The van der Waals surface area contributed by atoms with E-state index in [0.29, 0.717) is 6.61 Å². The van der Waals surface area contributed by atoms with E-state index < -0.39 is 0 Å². The molecule has 4 nitrogen and oxygen atoms in total. The number of phenols is 1. The van der Waals surface area contributed by atoms with E-state index in [1.54, 1.807) is 19.2 Å². The number of methoxy groups -OCH3 is 1. The van der Waals surface area contributed by atoms with Crippen LogP contribution in [0.2, 0.25) is 0 Å². The molecule has 4 heteroatoms. The van der Waals surface area contributed by atoms with Crippen molar-refractivity contribution in [1.29, 1.82) is 0 Å². The zero-order chi connectivity index (χ0) is 23.6. The Kier molecular flexibility index (Phi) is 8.96. The second-order valence-electron chi connectivity index (χ2n) is 7.88. The molecule has 0 spiro atoms. The van der Waals surface area contributed by atoms with Crippen molar-refractivity contribution in [3.63, 3.8) is 0 Å². The summed E-state index contributed by atoms with van der Waals surface area (Å²) in [6.45, 7) is 10.2. The summed E-state index contributed by atoms with van der Waals surface area (Å²) in [7, 11) is 1.68. The summed E-state index contributed by atoms with van der Waals surface area (Å²) in [5.41, 5.74) is 5.72. The van der Waals surface area contributed by atoms with Gasteiger partial charge in [0.2, 0.25) is 0 Å². The number of aromatic hydroxyl groups is 1. The number of likely N-dealkylation sites (N-methyl/N-ethyl adjacent to an activating group) is 1. The molecule has 0 aliphatic rings. The maximum Gasteiger partial charge on any atom is 0.119 e. The van der Waals surface area contributed by atoms with Crippen LogP contribution in [0.1, 0.15) is 43.9 Å². The average molecular weight is 446 g/mol. The van der Waals surface area contributed by atoms with E-state index in [1.807, 2.05) is 36.4 Å². The van der Waals surface area contributed by atoms with Crippen molar-refractivity contribution in [3.8, 4) is 17.2 Å². The Hall–Kier alpha value is -3.24. The third-order valence-corrected chi connectivity index (χ3v) is 5.96. The Bertz CT molecular complexity index is 1020. The van der Waals surface area contributed by atoms with Gasteiger partial charge in [0.1, 0.15) is 23.9 Å². The van der Waals surface area contributed by atoms with Gasteiger partial charge in [0, 0.05) is 6.54 Å². The molecule has 1 N–H and O–H groups in total. The summed E-state index contributed by atoms with van der Waals surface area (Å²) in [6.07, 6.45) is 0.866. The van der Waals surface area contributed by atoms with Gasteiger partial charge in [-0.15, -0.1) is 0 Å². The molecule has 0 radical (unpaired) electrons. The summed E-state index contributed by atoms with van der Waals surface area (Å²) < 4.78 is 11.3. The van der Waals surface area contributed by atoms with Crippen molar-refractivity contribution < 1.29 is 14.6 Å². The van der Waals surface area contributed by atoms with Crippen LogP contribution in [0, 0.1) is 0 Å². The van der Waals surface area contributed by atoms with Crippen molar-refractivity contribution in [3.05, 3.63) is 89.5 Å². The molecule has 3 aromatic rings. The normalized spacial score (nSPS) is 11.9. The summed E-state index contributed by atoms with van der Waals surface area (Å²) in [5, 5.41) is 9.82. The Morgan fingerprint density at radius 3 is 1.76 bits per heavy atom. The van der Waals surface area contributed by atoms with Crippen LogP contribution in [-0.2, 0) is 0 Å². The minimum Gasteiger partial charge on any atom is -0.508 e. The molecule has 0 saturated heterocycles. The van der Waals surface area contributed by atoms with Gasteiger partial charge >= 0.3 is 0 Å². The third-order valence-electron chi connectivity index (χ3n) is 5.96. The zero-order valence-corrected chi connectivity index (χ0v) is 20.2. The lowest BCUT2D eigenvalue weighted by molar-refractivity contribution is 0.223. The molecule has 0 saturated carbocycles. The molecule has 174 valence electrons. The van der Waals surface area contributed by atoms with E-state index in [0.717, 1.165) is 59.8 Å². The van der Waals surface area contributed by atoms with E-state index in [-0.39, 0.29) is 5.75 Å². The number of phenolic OH excluding ortho intramolecular Hbond substituents is 1. The van der Waals surface area contributed by atoms with Gasteiger partial charge < -0.3 is 19.5 Å². The SMILES string of the molecule is CC/C(=C(/c1ccc(O)cc1)c1ccc(OCCN(CC)CC)cc1)c1ccc(OC)cc1. The van der Waals surface area contributed by atoms with Crippen LogP contribution in [-0.4, -0.2) is 43.4 Å². The molecule has 3 aromatic carbocycles. The first-order chi connectivity index (χ1) is 16.1. The van der Waals surface area contributed by atoms with E-state index in [2.05, 4.69) is 49.9 Å². The fraction of sp³-hybridized carbons (Fsp3) is 0.310. The van der Waals surface area contributed by atoms with Crippen LogP contribution in [0.4, 0.5) is 0 Å². The molecule has 0 bridgehead atoms. The van der Waals surface area contributed by atoms with Gasteiger partial charge in [-0.3, -0.25) is 0 Å². The van der Waals surface area contributed by atoms with E-state index in [9.17, 15) is 5.11 Å². The Morgan fingerprint density at radius 1 is 0.727 bits per heavy atom. The highest BCUT2D eigenvalue weighted by Crippen LogP contribution is 2.36. The van der Waals surface area contributed by atoms with Gasteiger partial charge in [-0.1, -0.05) is 57.2 Å². The fourth-order valence-electron chi connectivity index (χ4n) is 4.01. The number of benzene rings is 3. The predicted octanol–water partition coefficient (Wildman–Crippen LogP) is 6.49.